The van der Waals surface area contributed by atoms with Gasteiger partial charge >= 0.3 is 0 Å². The van der Waals surface area contributed by atoms with Crippen molar-refractivity contribution in [3.63, 3.8) is 0 Å². The summed E-state index contributed by atoms with van der Waals surface area (Å²) in [7, 11) is -3.80. The van der Waals surface area contributed by atoms with Crippen LogP contribution in [0.4, 0.5) is 5.69 Å². The number of rotatable bonds is 5. The number of sulfonamides is 1. The second kappa shape index (κ2) is 6.74. The molecular formula is C18H14N2O4S. The largest absolute Gasteiger partial charge is 0.280 e. The number of benzene rings is 3. The number of hydrogen-bond acceptors (Lipinski definition) is 4. The summed E-state index contributed by atoms with van der Waals surface area (Å²) in [5.41, 5.74) is 0.855. The maximum absolute atomic E-state index is 12.8. The number of hydrogen-bond donors (Lipinski definition) is 1. The third-order valence-corrected chi connectivity index (χ3v) is 5.01. The van der Waals surface area contributed by atoms with Crippen LogP contribution in [-0.4, -0.2) is 13.3 Å². The first-order chi connectivity index (χ1) is 12.0. The number of fused-ring (bicyclic) bond motifs is 1. The molecule has 0 saturated heterocycles. The highest BCUT2D eigenvalue weighted by atomic mass is 32.2. The minimum atomic E-state index is -3.80. The van der Waals surface area contributed by atoms with Crippen LogP contribution in [0, 0.1) is 10.1 Å². The van der Waals surface area contributed by atoms with Crippen molar-refractivity contribution in [3.05, 3.63) is 88.6 Å². The third-order valence-electron chi connectivity index (χ3n) is 3.57. The van der Waals surface area contributed by atoms with Gasteiger partial charge in [0.15, 0.2) is 0 Å². The van der Waals surface area contributed by atoms with Crippen LogP contribution in [0.3, 0.4) is 0 Å². The van der Waals surface area contributed by atoms with E-state index < -0.39 is 14.9 Å². The highest BCUT2D eigenvalue weighted by molar-refractivity contribution is 7.93. The summed E-state index contributed by atoms with van der Waals surface area (Å²) in [6.07, 6.45) is 2.11. The Balaban J connectivity index is 1.96. The van der Waals surface area contributed by atoms with Crippen molar-refractivity contribution in [1.82, 2.24) is 0 Å². The summed E-state index contributed by atoms with van der Waals surface area (Å²) >= 11 is 0. The Bertz CT molecular complexity index is 1070. The Morgan fingerprint density at radius 1 is 0.960 bits per heavy atom. The smallest absolute Gasteiger partial charge is 0.262 e. The predicted molar refractivity (Wildman–Crippen MR) is 97.2 cm³/mol. The van der Waals surface area contributed by atoms with Gasteiger partial charge < -0.3 is 0 Å². The zero-order valence-corrected chi connectivity index (χ0v) is 13.8. The monoisotopic (exact) mass is 354 g/mol. The van der Waals surface area contributed by atoms with Gasteiger partial charge in [0.1, 0.15) is 0 Å². The van der Waals surface area contributed by atoms with Crippen molar-refractivity contribution in [1.29, 1.82) is 0 Å². The third kappa shape index (κ3) is 3.84. The molecule has 126 valence electrons. The van der Waals surface area contributed by atoms with E-state index in [1.807, 2.05) is 18.2 Å². The van der Waals surface area contributed by atoms with Gasteiger partial charge in [0, 0.05) is 17.1 Å². The van der Waals surface area contributed by atoms with E-state index in [1.54, 1.807) is 42.5 Å². The zero-order valence-electron chi connectivity index (χ0n) is 13.0. The molecule has 0 aliphatic rings. The average molecular weight is 354 g/mol. The lowest BCUT2D eigenvalue weighted by atomic mass is 10.1. The molecule has 0 unspecified atom stereocenters. The number of nitro groups is 1. The van der Waals surface area contributed by atoms with Gasteiger partial charge in [0.25, 0.3) is 10.0 Å². The first-order valence-corrected chi connectivity index (χ1v) is 8.86. The molecule has 0 aliphatic carbocycles. The quantitative estimate of drug-likeness (QED) is 0.556. The molecule has 0 saturated carbocycles. The molecule has 0 aliphatic heterocycles. The number of nitrogens with zero attached hydrogens (tertiary/aromatic N) is 1. The molecular weight excluding hydrogens is 340 g/mol. The van der Waals surface area contributed by atoms with E-state index in [1.165, 1.54) is 12.1 Å². The fourth-order valence-corrected chi connectivity index (χ4v) is 3.77. The van der Waals surface area contributed by atoms with Crippen molar-refractivity contribution in [2.75, 3.05) is 4.72 Å². The molecule has 0 bridgehead atoms. The molecule has 6 nitrogen and oxygen atoms in total. The van der Waals surface area contributed by atoms with Crippen LogP contribution in [0.2, 0.25) is 0 Å². The van der Waals surface area contributed by atoms with Crippen LogP contribution in [0.25, 0.3) is 16.8 Å². The Kier molecular flexibility index (Phi) is 4.49. The molecule has 1 N–H and O–H groups in total. The first kappa shape index (κ1) is 16.7. The fraction of sp³-hybridized carbons (Fsp3) is 0. The maximum Gasteiger partial charge on any atom is 0.262 e. The standard InChI is InChI=1S/C18H14N2O4S/c21-20(22)12-11-14-5-3-8-16(13-14)19-25(23,24)18-10-4-7-15-6-1-2-9-17(15)18/h1-13,19H. The molecule has 0 atom stereocenters. The van der Waals surface area contributed by atoms with E-state index in [0.717, 1.165) is 11.6 Å². The second-order valence-corrected chi connectivity index (χ2v) is 6.96. The predicted octanol–water partition coefficient (Wildman–Crippen LogP) is 3.89. The summed E-state index contributed by atoms with van der Waals surface area (Å²) in [4.78, 5) is 10.0. The van der Waals surface area contributed by atoms with Gasteiger partial charge in [-0.3, -0.25) is 14.8 Å². The van der Waals surface area contributed by atoms with E-state index >= 15 is 0 Å². The van der Waals surface area contributed by atoms with Crippen LogP contribution in [0.1, 0.15) is 5.56 Å². The van der Waals surface area contributed by atoms with Gasteiger partial charge in [-0.15, -0.1) is 0 Å². The Hall–Kier alpha value is -3.19. The molecule has 0 amide bonds. The number of anilines is 1. The van der Waals surface area contributed by atoms with E-state index in [4.69, 9.17) is 0 Å². The minimum Gasteiger partial charge on any atom is -0.280 e. The van der Waals surface area contributed by atoms with E-state index in [9.17, 15) is 18.5 Å². The minimum absolute atomic E-state index is 0.178. The van der Waals surface area contributed by atoms with Gasteiger partial charge in [-0.2, -0.15) is 0 Å². The lowest BCUT2D eigenvalue weighted by Crippen LogP contribution is -2.13. The van der Waals surface area contributed by atoms with Crippen LogP contribution >= 0.6 is 0 Å². The molecule has 3 aromatic rings. The molecule has 0 spiro atoms. The van der Waals surface area contributed by atoms with E-state index in [0.29, 0.717) is 16.6 Å². The summed E-state index contributed by atoms with van der Waals surface area (Å²) in [6, 6.07) is 18.7. The fourth-order valence-electron chi connectivity index (χ4n) is 2.49. The molecule has 3 aromatic carbocycles. The zero-order chi connectivity index (χ0) is 17.9. The maximum atomic E-state index is 12.8. The lowest BCUT2D eigenvalue weighted by Gasteiger charge is -2.11. The van der Waals surface area contributed by atoms with Gasteiger partial charge in [0.2, 0.25) is 6.20 Å². The van der Waals surface area contributed by atoms with Gasteiger partial charge in [0.05, 0.1) is 9.82 Å². The first-order valence-electron chi connectivity index (χ1n) is 7.38. The summed E-state index contributed by atoms with van der Waals surface area (Å²) < 4.78 is 28.0. The molecule has 0 radical (unpaired) electrons. The molecule has 0 heterocycles. The molecule has 7 heteroatoms. The van der Waals surface area contributed by atoms with Crippen molar-refractivity contribution in [2.24, 2.45) is 0 Å². The van der Waals surface area contributed by atoms with Crippen molar-refractivity contribution < 1.29 is 13.3 Å². The Morgan fingerprint density at radius 2 is 1.68 bits per heavy atom. The highest BCUT2D eigenvalue weighted by Crippen LogP contribution is 2.25. The normalized spacial score (nSPS) is 11.7. The average Bonchev–Trinajstić information content (AvgIpc) is 2.59. The Labute approximate surface area is 144 Å². The van der Waals surface area contributed by atoms with Gasteiger partial charge in [-0.1, -0.05) is 48.5 Å². The topological polar surface area (TPSA) is 89.3 Å². The van der Waals surface area contributed by atoms with Crippen molar-refractivity contribution >= 4 is 32.6 Å². The van der Waals surface area contributed by atoms with Gasteiger partial charge in [-0.05, 0) is 29.1 Å². The van der Waals surface area contributed by atoms with Gasteiger partial charge in [-0.25, -0.2) is 8.42 Å². The SMILES string of the molecule is O=[N+]([O-])C=Cc1cccc(NS(=O)(=O)c2cccc3ccccc23)c1. The highest BCUT2D eigenvalue weighted by Gasteiger charge is 2.17. The molecule has 0 fully saturated rings. The summed E-state index contributed by atoms with van der Waals surface area (Å²) in [5, 5.41) is 11.9. The van der Waals surface area contributed by atoms with Crippen molar-refractivity contribution in [3.8, 4) is 0 Å². The van der Waals surface area contributed by atoms with Crippen LogP contribution < -0.4 is 4.72 Å². The van der Waals surface area contributed by atoms with Crippen LogP contribution in [0.15, 0.2) is 77.8 Å². The molecule has 0 aromatic heterocycles. The molecule has 25 heavy (non-hydrogen) atoms. The van der Waals surface area contributed by atoms with Crippen LogP contribution in [0.5, 0.6) is 0 Å². The van der Waals surface area contributed by atoms with Crippen LogP contribution in [-0.2, 0) is 10.0 Å². The Morgan fingerprint density at radius 3 is 2.48 bits per heavy atom. The molecule has 3 rings (SSSR count). The summed E-state index contributed by atoms with van der Waals surface area (Å²) in [5.74, 6) is 0. The summed E-state index contributed by atoms with van der Waals surface area (Å²) in [6.45, 7) is 0. The van der Waals surface area contributed by atoms with E-state index in [-0.39, 0.29) is 4.90 Å². The second-order valence-electron chi connectivity index (χ2n) is 5.31. The number of nitrogens with one attached hydrogen (secondary N) is 1. The lowest BCUT2D eigenvalue weighted by molar-refractivity contribution is -0.400. The van der Waals surface area contributed by atoms with E-state index in [2.05, 4.69) is 4.72 Å². The van der Waals surface area contributed by atoms with Crippen molar-refractivity contribution in [2.45, 2.75) is 4.90 Å².